The van der Waals surface area contributed by atoms with E-state index in [0.717, 1.165) is 47.9 Å². The zero-order valence-electron chi connectivity index (χ0n) is 14.5. The highest BCUT2D eigenvalue weighted by Crippen LogP contribution is 2.30. The molecule has 4 heterocycles. The number of halogens is 1. The van der Waals surface area contributed by atoms with Crippen LogP contribution >= 0.6 is 24.2 Å². The normalized spacial score (nSPS) is 23.5. The molecule has 0 aliphatic carbocycles. The van der Waals surface area contributed by atoms with E-state index < -0.39 is 0 Å². The van der Waals surface area contributed by atoms with Crippen molar-refractivity contribution in [1.82, 2.24) is 24.8 Å². The Labute approximate surface area is 162 Å². The fourth-order valence-electron chi connectivity index (χ4n) is 3.35. The molecule has 2 aliphatic rings. The van der Waals surface area contributed by atoms with Gasteiger partial charge in [-0.2, -0.15) is 0 Å². The first-order chi connectivity index (χ1) is 12.0. The number of carbonyl (C=O) groups excluding carboxylic acids is 1. The van der Waals surface area contributed by atoms with Gasteiger partial charge >= 0.3 is 0 Å². The van der Waals surface area contributed by atoms with Crippen molar-refractivity contribution >= 4 is 47.1 Å². The topological polar surface area (TPSA) is 104 Å². The van der Waals surface area contributed by atoms with Gasteiger partial charge in [0.1, 0.15) is 11.8 Å². The van der Waals surface area contributed by atoms with Crippen molar-refractivity contribution in [3.05, 3.63) is 23.8 Å². The monoisotopic (exact) mass is 395 g/mol. The minimum atomic E-state index is -0.303. The van der Waals surface area contributed by atoms with Crippen LogP contribution in [0.15, 0.2) is 23.8 Å². The van der Waals surface area contributed by atoms with Gasteiger partial charge in [-0.1, -0.05) is 0 Å². The molecule has 26 heavy (non-hydrogen) atoms. The number of piperidine rings is 1. The van der Waals surface area contributed by atoms with Crippen molar-refractivity contribution in [2.45, 2.75) is 25.3 Å². The molecule has 10 heteroatoms. The van der Waals surface area contributed by atoms with Crippen LogP contribution in [0.1, 0.15) is 19.8 Å². The molecule has 2 aromatic rings. The number of nitrogens with two attached hydrogens (primary N) is 1. The van der Waals surface area contributed by atoms with Crippen molar-refractivity contribution in [3.8, 4) is 0 Å². The van der Waals surface area contributed by atoms with E-state index in [9.17, 15) is 4.79 Å². The maximum atomic E-state index is 12.9. The first kappa shape index (κ1) is 18.9. The van der Waals surface area contributed by atoms with Crippen LogP contribution in [0.25, 0.3) is 11.2 Å². The summed E-state index contributed by atoms with van der Waals surface area (Å²) in [6.45, 7) is 4.15. The van der Waals surface area contributed by atoms with Crippen molar-refractivity contribution in [1.29, 1.82) is 0 Å². The largest absolute Gasteiger partial charge is 0.340 e. The Hall–Kier alpha value is -1.84. The molecule has 4 rings (SSSR count). The highest BCUT2D eigenvalue weighted by molar-refractivity contribution is 8.04. The molecule has 140 valence electrons. The van der Waals surface area contributed by atoms with Crippen molar-refractivity contribution in [2.24, 2.45) is 5.73 Å². The quantitative estimate of drug-likeness (QED) is 0.794. The number of aromatic amines is 1. The molecule has 0 spiro atoms. The number of aromatic nitrogens is 4. The standard InChI is InChI=1S/C16H21N7OS.ClH/c1-16(17)3-2-4-23(8-16)15(24)11-7-22(5-6-25-11)14-12-13(19-9-18-12)20-10-21-14;/h7,9-10H,2-6,8,17H2,1H3,(H,18,19,20,21);1H. The summed E-state index contributed by atoms with van der Waals surface area (Å²) in [5.74, 6) is 1.63. The number of anilines is 1. The molecule has 3 N–H and O–H groups in total. The number of fused-ring (bicyclic) bond motifs is 1. The summed E-state index contributed by atoms with van der Waals surface area (Å²) in [7, 11) is 0. The Morgan fingerprint density at radius 2 is 2.19 bits per heavy atom. The summed E-state index contributed by atoms with van der Waals surface area (Å²) in [6.07, 6.45) is 6.89. The molecular weight excluding hydrogens is 374 g/mol. The molecule has 0 saturated carbocycles. The third kappa shape index (κ3) is 3.65. The lowest BCUT2D eigenvalue weighted by Gasteiger charge is -2.38. The molecule has 1 unspecified atom stereocenters. The predicted octanol–water partition coefficient (Wildman–Crippen LogP) is 1.51. The Balaban J connectivity index is 0.00000196. The van der Waals surface area contributed by atoms with Crippen LogP contribution in [0.5, 0.6) is 0 Å². The Bertz CT molecular complexity index is 837. The predicted molar refractivity (Wildman–Crippen MR) is 105 cm³/mol. The summed E-state index contributed by atoms with van der Waals surface area (Å²) in [5.41, 5.74) is 7.35. The van der Waals surface area contributed by atoms with Crippen LogP contribution in [0.3, 0.4) is 0 Å². The molecule has 0 bridgehead atoms. The maximum absolute atomic E-state index is 12.9. The highest BCUT2D eigenvalue weighted by Gasteiger charge is 2.32. The summed E-state index contributed by atoms with van der Waals surface area (Å²) < 4.78 is 0. The average Bonchev–Trinajstić information content (AvgIpc) is 3.09. The number of hydrogen-bond donors (Lipinski definition) is 2. The number of rotatable bonds is 2. The SMILES string of the molecule is CC1(N)CCCN(C(=O)C2=CN(c3ncnc4nc[nH]c34)CCS2)C1.Cl. The lowest BCUT2D eigenvalue weighted by Crippen LogP contribution is -2.54. The Kier molecular flexibility index (Phi) is 5.40. The van der Waals surface area contributed by atoms with Crippen LogP contribution < -0.4 is 10.6 Å². The smallest absolute Gasteiger partial charge is 0.261 e. The van der Waals surface area contributed by atoms with E-state index in [4.69, 9.17) is 5.73 Å². The Morgan fingerprint density at radius 1 is 1.35 bits per heavy atom. The molecule has 0 aromatic carbocycles. The number of nitrogens with one attached hydrogen (secondary N) is 1. The van der Waals surface area contributed by atoms with E-state index in [1.807, 2.05) is 22.9 Å². The maximum Gasteiger partial charge on any atom is 0.261 e. The number of carbonyl (C=O) groups is 1. The molecule has 2 aromatic heterocycles. The van der Waals surface area contributed by atoms with E-state index in [-0.39, 0.29) is 23.9 Å². The molecule has 1 amide bonds. The molecule has 8 nitrogen and oxygen atoms in total. The number of amides is 1. The van der Waals surface area contributed by atoms with Gasteiger partial charge in [0, 0.05) is 37.1 Å². The van der Waals surface area contributed by atoms with Gasteiger partial charge in [-0.3, -0.25) is 4.79 Å². The number of thioether (sulfide) groups is 1. The van der Waals surface area contributed by atoms with Crippen LogP contribution in [0.2, 0.25) is 0 Å². The summed E-state index contributed by atoms with van der Waals surface area (Å²) in [4.78, 5) is 33.3. The van der Waals surface area contributed by atoms with Gasteiger partial charge in [-0.25, -0.2) is 15.0 Å². The Morgan fingerprint density at radius 3 is 3.00 bits per heavy atom. The molecule has 1 saturated heterocycles. The molecule has 0 radical (unpaired) electrons. The number of H-pyrrole nitrogens is 1. The second kappa shape index (κ2) is 7.42. The van der Waals surface area contributed by atoms with Gasteiger partial charge in [0.05, 0.1) is 11.2 Å². The van der Waals surface area contributed by atoms with Crippen LogP contribution in [-0.2, 0) is 4.79 Å². The van der Waals surface area contributed by atoms with E-state index in [2.05, 4.69) is 19.9 Å². The number of nitrogens with zero attached hydrogens (tertiary/aromatic N) is 5. The fourth-order valence-corrected chi connectivity index (χ4v) is 4.31. The lowest BCUT2D eigenvalue weighted by molar-refractivity contribution is -0.128. The second-order valence-electron chi connectivity index (χ2n) is 6.82. The number of likely N-dealkylation sites (tertiary alicyclic amines) is 1. The second-order valence-corrected chi connectivity index (χ2v) is 7.95. The van der Waals surface area contributed by atoms with E-state index in [0.29, 0.717) is 12.2 Å². The first-order valence-corrected chi connectivity index (χ1v) is 9.36. The third-order valence-corrected chi connectivity index (χ3v) is 5.54. The minimum Gasteiger partial charge on any atom is -0.340 e. The van der Waals surface area contributed by atoms with E-state index in [1.54, 1.807) is 18.1 Å². The van der Waals surface area contributed by atoms with Gasteiger partial charge in [0.2, 0.25) is 0 Å². The third-order valence-electron chi connectivity index (χ3n) is 4.56. The van der Waals surface area contributed by atoms with Gasteiger partial charge in [-0.05, 0) is 19.8 Å². The van der Waals surface area contributed by atoms with Crippen molar-refractivity contribution < 1.29 is 4.79 Å². The minimum absolute atomic E-state index is 0. The van der Waals surface area contributed by atoms with Gasteiger partial charge in [0.15, 0.2) is 11.5 Å². The number of imidazole rings is 1. The van der Waals surface area contributed by atoms with E-state index in [1.165, 1.54) is 6.33 Å². The van der Waals surface area contributed by atoms with Gasteiger partial charge in [0.25, 0.3) is 5.91 Å². The molecule has 2 aliphatic heterocycles. The van der Waals surface area contributed by atoms with Gasteiger partial charge in [-0.15, -0.1) is 24.2 Å². The van der Waals surface area contributed by atoms with Crippen molar-refractivity contribution in [3.63, 3.8) is 0 Å². The highest BCUT2D eigenvalue weighted by atomic mass is 35.5. The summed E-state index contributed by atoms with van der Waals surface area (Å²) >= 11 is 1.59. The molecular formula is C16H22ClN7OS. The van der Waals surface area contributed by atoms with E-state index >= 15 is 0 Å². The summed E-state index contributed by atoms with van der Waals surface area (Å²) in [5, 5.41) is 0. The zero-order chi connectivity index (χ0) is 17.4. The first-order valence-electron chi connectivity index (χ1n) is 8.37. The average molecular weight is 396 g/mol. The van der Waals surface area contributed by atoms with Crippen LogP contribution in [-0.4, -0.2) is 61.7 Å². The lowest BCUT2D eigenvalue weighted by atomic mass is 9.92. The van der Waals surface area contributed by atoms with Gasteiger partial charge < -0.3 is 20.5 Å². The molecule has 1 atom stereocenters. The van der Waals surface area contributed by atoms with Crippen LogP contribution in [0.4, 0.5) is 5.82 Å². The summed E-state index contributed by atoms with van der Waals surface area (Å²) in [6, 6.07) is 0. The number of hydrogen-bond acceptors (Lipinski definition) is 7. The zero-order valence-corrected chi connectivity index (χ0v) is 16.1. The fraction of sp³-hybridized carbons (Fsp3) is 0.500. The molecule has 1 fully saturated rings. The van der Waals surface area contributed by atoms with Crippen LogP contribution in [0, 0.1) is 0 Å². The van der Waals surface area contributed by atoms with Crippen molar-refractivity contribution in [2.75, 3.05) is 30.3 Å².